The Kier molecular flexibility index (Phi) is 6.65. The summed E-state index contributed by atoms with van der Waals surface area (Å²) in [7, 11) is 0. The van der Waals surface area contributed by atoms with Crippen molar-refractivity contribution in [3.63, 3.8) is 0 Å². The maximum Gasteiger partial charge on any atom is 0.321 e. The Morgan fingerprint density at radius 3 is 2.70 bits per heavy atom. The van der Waals surface area contributed by atoms with Crippen LogP contribution in [0, 0.1) is 5.82 Å². The Balaban J connectivity index is 2.00. The summed E-state index contributed by atoms with van der Waals surface area (Å²) in [4.78, 5) is 15.8. The van der Waals surface area contributed by atoms with Crippen molar-refractivity contribution in [2.75, 3.05) is 43.0 Å². The fourth-order valence-corrected chi connectivity index (χ4v) is 2.79. The van der Waals surface area contributed by atoms with Crippen LogP contribution < -0.4 is 10.2 Å². The lowest BCUT2D eigenvalue weighted by Crippen LogP contribution is -2.37. The average Bonchev–Trinajstić information content (AvgIpc) is 3.05. The van der Waals surface area contributed by atoms with Crippen molar-refractivity contribution >= 4 is 17.4 Å². The molecular weight excluding hydrogens is 297 g/mol. The molecule has 5 nitrogen and oxygen atoms in total. The zero-order valence-corrected chi connectivity index (χ0v) is 13.7. The predicted molar refractivity (Wildman–Crippen MR) is 90.4 cm³/mol. The lowest BCUT2D eigenvalue weighted by molar-refractivity contribution is 0.187. The zero-order valence-electron chi connectivity index (χ0n) is 13.7. The van der Waals surface area contributed by atoms with E-state index in [-0.39, 0.29) is 25.0 Å². The number of amides is 2. The third-order valence-corrected chi connectivity index (χ3v) is 4.08. The molecule has 1 aromatic carbocycles. The first-order chi connectivity index (χ1) is 11.2. The summed E-state index contributed by atoms with van der Waals surface area (Å²) >= 11 is 0. The van der Waals surface area contributed by atoms with E-state index < -0.39 is 0 Å². The number of anilines is 2. The molecule has 0 unspecified atom stereocenters. The summed E-state index contributed by atoms with van der Waals surface area (Å²) in [5, 5.41) is 11.8. The van der Waals surface area contributed by atoms with Crippen LogP contribution in [0.3, 0.4) is 0 Å². The van der Waals surface area contributed by atoms with Crippen LogP contribution in [-0.2, 0) is 0 Å². The van der Waals surface area contributed by atoms with E-state index in [9.17, 15) is 9.18 Å². The number of aliphatic hydroxyl groups excluding tert-OH is 1. The fourth-order valence-electron chi connectivity index (χ4n) is 2.79. The topological polar surface area (TPSA) is 55.8 Å². The van der Waals surface area contributed by atoms with Crippen LogP contribution >= 0.6 is 0 Å². The predicted octanol–water partition coefficient (Wildman–Crippen LogP) is 3.05. The minimum atomic E-state index is -0.313. The number of nitrogens with one attached hydrogen (secondary N) is 1. The van der Waals surface area contributed by atoms with E-state index in [1.807, 2.05) is 11.8 Å². The van der Waals surface area contributed by atoms with Gasteiger partial charge in [-0.15, -0.1) is 0 Å². The molecule has 0 aliphatic carbocycles. The standard InChI is InChI=1S/C17H26FN3O2/c1-2-3-8-21(11-12-22)17(23)19-14-6-7-16(15(18)13-14)20-9-4-5-10-20/h6-7,13,22H,2-5,8-12H2,1H3,(H,19,23). The molecule has 6 heteroatoms. The molecule has 1 heterocycles. The van der Waals surface area contributed by atoms with Gasteiger partial charge in [-0.1, -0.05) is 13.3 Å². The number of urea groups is 1. The summed E-state index contributed by atoms with van der Waals surface area (Å²) in [5.41, 5.74) is 1.04. The Bertz CT molecular complexity index is 519. The molecule has 0 radical (unpaired) electrons. The summed E-state index contributed by atoms with van der Waals surface area (Å²) in [6.45, 7) is 4.58. The molecule has 1 saturated heterocycles. The van der Waals surface area contributed by atoms with Gasteiger partial charge < -0.3 is 20.2 Å². The highest BCUT2D eigenvalue weighted by Gasteiger charge is 2.17. The smallest absolute Gasteiger partial charge is 0.321 e. The lowest BCUT2D eigenvalue weighted by atomic mass is 10.2. The van der Waals surface area contributed by atoms with Gasteiger partial charge in [0.2, 0.25) is 0 Å². The SMILES string of the molecule is CCCCN(CCO)C(=O)Nc1ccc(N2CCCC2)c(F)c1. The average molecular weight is 323 g/mol. The van der Waals surface area contributed by atoms with Gasteiger partial charge >= 0.3 is 6.03 Å². The van der Waals surface area contributed by atoms with Crippen LogP contribution in [0.25, 0.3) is 0 Å². The Labute approximate surface area is 137 Å². The monoisotopic (exact) mass is 323 g/mol. The maximum absolute atomic E-state index is 14.3. The van der Waals surface area contributed by atoms with Gasteiger partial charge in [0, 0.05) is 31.9 Å². The molecule has 1 aliphatic rings. The van der Waals surface area contributed by atoms with Crippen molar-refractivity contribution in [1.82, 2.24) is 4.90 Å². The van der Waals surface area contributed by atoms with Gasteiger partial charge in [0.1, 0.15) is 5.82 Å². The number of carbonyl (C=O) groups is 1. The number of halogens is 1. The third-order valence-electron chi connectivity index (χ3n) is 4.08. The van der Waals surface area contributed by atoms with Gasteiger partial charge in [-0.3, -0.25) is 0 Å². The highest BCUT2D eigenvalue weighted by molar-refractivity contribution is 5.89. The molecule has 1 aromatic rings. The highest BCUT2D eigenvalue weighted by atomic mass is 19.1. The van der Waals surface area contributed by atoms with Crippen molar-refractivity contribution in [3.8, 4) is 0 Å². The minimum Gasteiger partial charge on any atom is -0.395 e. The number of hydrogen-bond donors (Lipinski definition) is 2. The molecule has 0 spiro atoms. The minimum absolute atomic E-state index is 0.0839. The molecule has 2 rings (SSSR count). The van der Waals surface area contributed by atoms with Gasteiger partial charge in [0.05, 0.1) is 12.3 Å². The second-order valence-corrected chi connectivity index (χ2v) is 5.85. The summed E-state index contributed by atoms with van der Waals surface area (Å²) < 4.78 is 14.3. The normalized spacial score (nSPS) is 14.1. The van der Waals surface area contributed by atoms with E-state index in [4.69, 9.17) is 5.11 Å². The molecule has 0 saturated carbocycles. The first-order valence-corrected chi connectivity index (χ1v) is 8.37. The van der Waals surface area contributed by atoms with Crippen molar-refractivity contribution in [1.29, 1.82) is 0 Å². The quantitative estimate of drug-likeness (QED) is 0.811. The van der Waals surface area contributed by atoms with E-state index in [1.54, 1.807) is 17.0 Å². The van der Waals surface area contributed by atoms with Crippen LogP contribution in [0.5, 0.6) is 0 Å². The number of aliphatic hydroxyl groups is 1. The van der Waals surface area contributed by atoms with Crippen molar-refractivity contribution in [3.05, 3.63) is 24.0 Å². The molecule has 1 aliphatic heterocycles. The van der Waals surface area contributed by atoms with Crippen LogP contribution in [0.2, 0.25) is 0 Å². The number of benzene rings is 1. The Morgan fingerprint density at radius 1 is 1.35 bits per heavy atom. The van der Waals surface area contributed by atoms with Crippen molar-refractivity contribution in [2.24, 2.45) is 0 Å². The molecule has 0 atom stereocenters. The zero-order chi connectivity index (χ0) is 16.7. The lowest BCUT2D eigenvalue weighted by Gasteiger charge is -2.23. The fraction of sp³-hybridized carbons (Fsp3) is 0.588. The Morgan fingerprint density at radius 2 is 2.09 bits per heavy atom. The largest absolute Gasteiger partial charge is 0.395 e. The van der Waals surface area contributed by atoms with Crippen molar-refractivity contribution in [2.45, 2.75) is 32.6 Å². The molecule has 0 bridgehead atoms. The number of carbonyl (C=O) groups excluding carboxylic acids is 1. The highest BCUT2D eigenvalue weighted by Crippen LogP contribution is 2.26. The van der Waals surface area contributed by atoms with Crippen molar-refractivity contribution < 1.29 is 14.3 Å². The van der Waals surface area contributed by atoms with Crippen LogP contribution in [0.1, 0.15) is 32.6 Å². The van der Waals surface area contributed by atoms with Crippen LogP contribution in [0.4, 0.5) is 20.6 Å². The van der Waals surface area contributed by atoms with Gasteiger partial charge in [0.15, 0.2) is 0 Å². The summed E-state index contributed by atoms with van der Waals surface area (Å²) in [6.07, 6.45) is 4.01. The summed E-state index contributed by atoms with van der Waals surface area (Å²) in [5.74, 6) is -0.313. The molecule has 128 valence electrons. The number of hydrogen-bond acceptors (Lipinski definition) is 3. The van der Waals surface area contributed by atoms with E-state index in [0.29, 0.717) is 17.9 Å². The first-order valence-electron chi connectivity index (χ1n) is 8.37. The van der Waals surface area contributed by atoms with Gasteiger partial charge in [-0.2, -0.15) is 0 Å². The van der Waals surface area contributed by atoms with Gasteiger partial charge in [-0.05, 0) is 37.5 Å². The second-order valence-electron chi connectivity index (χ2n) is 5.85. The molecule has 2 N–H and O–H groups in total. The third kappa shape index (κ3) is 4.82. The van der Waals surface area contributed by atoms with Crippen LogP contribution in [-0.4, -0.2) is 48.8 Å². The number of nitrogens with zero attached hydrogens (tertiary/aromatic N) is 2. The van der Waals surface area contributed by atoms with E-state index in [0.717, 1.165) is 38.8 Å². The number of rotatable bonds is 7. The van der Waals surface area contributed by atoms with Crippen LogP contribution in [0.15, 0.2) is 18.2 Å². The molecule has 23 heavy (non-hydrogen) atoms. The second kappa shape index (κ2) is 8.72. The molecule has 0 aromatic heterocycles. The maximum atomic E-state index is 14.3. The summed E-state index contributed by atoms with van der Waals surface area (Å²) in [6, 6.07) is 4.51. The molecular formula is C17H26FN3O2. The Hall–Kier alpha value is -1.82. The first kappa shape index (κ1) is 17.5. The van der Waals surface area contributed by atoms with Gasteiger partial charge in [-0.25, -0.2) is 9.18 Å². The molecule has 1 fully saturated rings. The molecule has 2 amide bonds. The van der Waals surface area contributed by atoms with Gasteiger partial charge in [0.25, 0.3) is 0 Å². The van der Waals surface area contributed by atoms with E-state index >= 15 is 0 Å². The van der Waals surface area contributed by atoms with E-state index in [2.05, 4.69) is 5.32 Å². The van der Waals surface area contributed by atoms with E-state index in [1.165, 1.54) is 6.07 Å². The number of unbranched alkanes of at least 4 members (excludes halogenated alkanes) is 1.